The molecule has 0 spiro atoms. The molecule has 5 N–H and O–H groups in total. The zero-order chi connectivity index (χ0) is 25.6. The van der Waals surface area contributed by atoms with Crippen molar-refractivity contribution in [1.29, 1.82) is 0 Å². The van der Waals surface area contributed by atoms with E-state index in [1.165, 1.54) is 18.4 Å². The van der Waals surface area contributed by atoms with Crippen LogP contribution in [-0.2, 0) is 6.54 Å². The first-order chi connectivity index (χ1) is 18.0. The van der Waals surface area contributed by atoms with Crippen LogP contribution in [0.2, 0.25) is 0 Å². The molecule has 3 aromatic rings. The first-order valence-electron chi connectivity index (χ1n) is 13.3. The van der Waals surface area contributed by atoms with Crippen LogP contribution in [0.25, 0.3) is 11.2 Å². The standard InChI is InChI=1S/C26H38N10O/c1-34-13-15-35(16-14-34)17-19-7-9-20(10-8-19)31-23-22-24(36(18-30-22)21-5-2-3-6-21)33-26(32-23)29-12-4-11-28-25(27)37/h7-10,18,21H,2-6,11-17H2,1H3,(H3,27,28,37)(H2,29,31,32,33). The number of nitrogens with zero attached hydrogens (tertiary/aromatic N) is 6. The lowest BCUT2D eigenvalue weighted by Gasteiger charge is -2.32. The summed E-state index contributed by atoms with van der Waals surface area (Å²) in [6, 6.07) is 8.49. The Morgan fingerprint density at radius 3 is 2.54 bits per heavy atom. The largest absolute Gasteiger partial charge is 0.354 e. The van der Waals surface area contributed by atoms with Crippen molar-refractivity contribution in [2.24, 2.45) is 5.73 Å². The van der Waals surface area contributed by atoms with Crippen LogP contribution >= 0.6 is 0 Å². The lowest BCUT2D eigenvalue weighted by molar-refractivity contribution is 0.148. The smallest absolute Gasteiger partial charge is 0.312 e. The van der Waals surface area contributed by atoms with Crippen molar-refractivity contribution >= 4 is 34.6 Å². The summed E-state index contributed by atoms with van der Waals surface area (Å²) in [7, 11) is 2.18. The van der Waals surface area contributed by atoms with Crippen LogP contribution in [0.5, 0.6) is 0 Å². The van der Waals surface area contributed by atoms with E-state index in [9.17, 15) is 4.79 Å². The fraction of sp³-hybridized carbons (Fsp3) is 0.538. The minimum Gasteiger partial charge on any atom is -0.354 e. The van der Waals surface area contributed by atoms with Crippen LogP contribution in [-0.4, -0.2) is 81.7 Å². The molecule has 1 saturated carbocycles. The highest BCUT2D eigenvalue weighted by molar-refractivity contribution is 5.86. The molecule has 5 rings (SSSR count). The first-order valence-corrected chi connectivity index (χ1v) is 13.3. The Morgan fingerprint density at radius 1 is 1.05 bits per heavy atom. The van der Waals surface area contributed by atoms with E-state index in [0.29, 0.717) is 37.3 Å². The molecule has 11 nitrogen and oxygen atoms in total. The predicted octanol–water partition coefficient (Wildman–Crippen LogP) is 2.90. The molecule has 0 radical (unpaired) electrons. The zero-order valence-electron chi connectivity index (χ0n) is 21.6. The minimum absolute atomic E-state index is 0.425. The van der Waals surface area contributed by atoms with E-state index in [1.54, 1.807) is 0 Å². The lowest BCUT2D eigenvalue weighted by atomic mass is 10.2. The van der Waals surface area contributed by atoms with Crippen molar-refractivity contribution in [2.45, 2.75) is 44.7 Å². The summed E-state index contributed by atoms with van der Waals surface area (Å²) in [5, 5.41) is 9.39. The Balaban J connectivity index is 1.31. The highest BCUT2D eigenvalue weighted by Crippen LogP contribution is 2.33. The van der Waals surface area contributed by atoms with Crippen molar-refractivity contribution in [1.82, 2.24) is 34.6 Å². The quantitative estimate of drug-likeness (QED) is 0.309. The SMILES string of the molecule is CN1CCN(Cc2ccc(Nc3nc(NCCCNC(N)=O)nc4c3ncn4C3CCCC3)cc2)CC1. The number of fused-ring (bicyclic) bond motifs is 1. The van der Waals surface area contributed by atoms with E-state index in [0.717, 1.165) is 62.4 Å². The highest BCUT2D eigenvalue weighted by atomic mass is 16.2. The maximum absolute atomic E-state index is 10.9. The number of urea groups is 1. The third kappa shape index (κ3) is 6.47. The number of likely N-dealkylation sites (N-methyl/N-ethyl adjacent to an activating group) is 1. The minimum atomic E-state index is -0.515. The van der Waals surface area contributed by atoms with Gasteiger partial charge in [-0.15, -0.1) is 0 Å². The van der Waals surface area contributed by atoms with Crippen LogP contribution in [0.1, 0.15) is 43.7 Å². The predicted molar refractivity (Wildman–Crippen MR) is 146 cm³/mol. The van der Waals surface area contributed by atoms with Crippen LogP contribution in [0, 0.1) is 0 Å². The Labute approximate surface area is 217 Å². The second-order valence-corrected chi connectivity index (χ2v) is 10.1. The Hall–Kier alpha value is -3.44. The van der Waals surface area contributed by atoms with Gasteiger partial charge < -0.3 is 31.2 Å². The summed E-state index contributed by atoms with van der Waals surface area (Å²) in [6.07, 6.45) is 7.38. The Bertz CT molecular complexity index is 1180. The van der Waals surface area contributed by atoms with Gasteiger partial charge in [0.25, 0.3) is 0 Å². The van der Waals surface area contributed by atoms with Gasteiger partial charge >= 0.3 is 6.03 Å². The van der Waals surface area contributed by atoms with Gasteiger partial charge in [-0.1, -0.05) is 25.0 Å². The fourth-order valence-corrected chi connectivity index (χ4v) is 5.13. The number of hydrogen-bond donors (Lipinski definition) is 4. The number of carbonyl (C=O) groups is 1. The first kappa shape index (κ1) is 25.2. The van der Waals surface area contributed by atoms with Crippen LogP contribution in [0.3, 0.4) is 0 Å². The third-order valence-corrected chi connectivity index (χ3v) is 7.29. The molecule has 1 aliphatic heterocycles. The molecule has 2 amide bonds. The molecule has 0 unspecified atom stereocenters. The molecular formula is C26H38N10O. The molecule has 2 aromatic heterocycles. The number of carbonyl (C=O) groups excluding carboxylic acids is 1. The number of aromatic nitrogens is 4. The van der Waals surface area contributed by atoms with E-state index >= 15 is 0 Å². The summed E-state index contributed by atoms with van der Waals surface area (Å²) in [6.45, 7) is 6.53. The molecule has 198 valence electrons. The highest BCUT2D eigenvalue weighted by Gasteiger charge is 2.22. The summed E-state index contributed by atoms with van der Waals surface area (Å²) in [5.74, 6) is 1.23. The van der Waals surface area contributed by atoms with Gasteiger partial charge in [0.2, 0.25) is 5.95 Å². The van der Waals surface area contributed by atoms with Crippen LogP contribution < -0.4 is 21.7 Å². The molecule has 1 saturated heterocycles. The van der Waals surface area contributed by atoms with Crippen molar-refractivity contribution < 1.29 is 4.79 Å². The number of amides is 2. The monoisotopic (exact) mass is 506 g/mol. The molecule has 2 fully saturated rings. The maximum Gasteiger partial charge on any atom is 0.312 e. The number of nitrogens with one attached hydrogen (secondary N) is 3. The number of benzene rings is 1. The number of piperazine rings is 1. The molecule has 11 heteroatoms. The molecule has 0 bridgehead atoms. The van der Waals surface area contributed by atoms with Gasteiger partial charge in [-0.2, -0.15) is 9.97 Å². The van der Waals surface area contributed by atoms with Gasteiger partial charge in [-0.3, -0.25) is 4.90 Å². The van der Waals surface area contributed by atoms with Gasteiger partial charge in [-0.05, 0) is 44.0 Å². The van der Waals surface area contributed by atoms with Crippen LogP contribution in [0.4, 0.5) is 22.2 Å². The van der Waals surface area contributed by atoms with Gasteiger partial charge in [0, 0.05) is 57.5 Å². The molecule has 0 atom stereocenters. The van der Waals surface area contributed by atoms with Crippen molar-refractivity contribution in [3.63, 3.8) is 0 Å². The topological polar surface area (TPSA) is 129 Å². The second kappa shape index (κ2) is 11.7. The second-order valence-electron chi connectivity index (χ2n) is 10.1. The Morgan fingerprint density at radius 2 is 1.81 bits per heavy atom. The summed E-state index contributed by atoms with van der Waals surface area (Å²) in [5.41, 5.74) is 9.04. The lowest BCUT2D eigenvalue weighted by Crippen LogP contribution is -2.43. The van der Waals surface area contributed by atoms with E-state index in [-0.39, 0.29) is 0 Å². The van der Waals surface area contributed by atoms with Crippen molar-refractivity contribution in [3.8, 4) is 0 Å². The van der Waals surface area contributed by atoms with Crippen LogP contribution in [0.15, 0.2) is 30.6 Å². The summed E-state index contributed by atoms with van der Waals surface area (Å²) < 4.78 is 2.20. The number of nitrogens with two attached hydrogens (primary N) is 1. The maximum atomic E-state index is 10.9. The van der Waals surface area contributed by atoms with E-state index < -0.39 is 6.03 Å². The van der Waals surface area contributed by atoms with Gasteiger partial charge in [0.15, 0.2) is 17.0 Å². The normalized spacial score (nSPS) is 17.3. The van der Waals surface area contributed by atoms with Crippen molar-refractivity contribution in [2.75, 3.05) is 56.9 Å². The van der Waals surface area contributed by atoms with E-state index in [2.05, 4.69) is 61.6 Å². The number of rotatable bonds is 10. The van der Waals surface area contributed by atoms with Gasteiger partial charge in [0.1, 0.15) is 0 Å². The fourth-order valence-electron chi connectivity index (χ4n) is 5.13. The third-order valence-electron chi connectivity index (χ3n) is 7.29. The van der Waals surface area contributed by atoms with E-state index in [4.69, 9.17) is 20.7 Å². The average Bonchev–Trinajstić information content (AvgIpc) is 3.56. The molecule has 1 aliphatic carbocycles. The molecule has 37 heavy (non-hydrogen) atoms. The summed E-state index contributed by atoms with van der Waals surface area (Å²) >= 11 is 0. The Kier molecular flexibility index (Phi) is 8.00. The molecule has 1 aromatic carbocycles. The zero-order valence-corrected chi connectivity index (χ0v) is 21.6. The van der Waals surface area contributed by atoms with E-state index in [1.807, 2.05) is 6.33 Å². The van der Waals surface area contributed by atoms with Crippen molar-refractivity contribution in [3.05, 3.63) is 36.2 Å². The average molecular weight is 507 g/mol. The molecular weight excluding hydrogens is 468 g/mol. The number of hydrogen-bond acceptors (Lipinski definition) is 8. The van der Waals surface area contributed by atoms with Gasteiger partial charge in [-0.25, -0.2) is 9.78 Å². The molecule has 3 heterocycles. The number of anilines is 3. The molecule has 2 aliphatic rings. The summed E-state index contributed by atoms with van der Waals surface area (Å²) in [4.78, 5) is 30.1. The number of primary amides is 1. The number of imidazole rings is 1. The van der Waals surface area contributed by atoms with Gasteiger partial charge in [0.05, 0.1) is 6.33 Å².